The molecule has 0 radical (unpaired) electrons. The van der Waals surface area contributed by atoms with Gasteiger partial charge in [-0.15, -0.1) is 0 Å². The average Bonchev–Trinajstić information content (AvgIpc) is 3.38. The first-order chi connectivity index (χ1) is 35.5. The Labute approximate surface area is 450 Å². The molecular weight excluding hydrogens is 887 g/mol. The third kappa shape index (κ3) is 57.6. The second-order valence-electron chi connectivity index (χ2n) is 22.5. The van der Waals surface area contributed by atoms with E-state index in [-0.39, 0.29) is 18.5 Å². The number of nitrogens with one attached hydrogen (secondary N) is 1. The SMILES string of the molecule is CCCCCCCCC/C=C\CCCCCCCC(=O)OCCCCCCCCCCCCCCCCCCCCCCCCCCCCCCCCC(=O)NC(CO)C(O)/C=C/CCCCCCCCC. The van der Waals surface area contributed by atoms with Gasteiger partial charge in [0.2, 0.25) is 5.91 Å². The van der Waals surface area contributed by atoms with Crippen LogP contribution in [0.3, 0.4) is 0 Å². The van der Waals surface area contributed by atoms with Gasteiger partial charge in [-0.3, -0.25) is 9.59 Å². The number of hydrogen-bond acceptors (Lipinski definition) is 5. The molecule has 0 bridgehead atoms. The van der Waals surface area contributed by atoms with E-state index in [0.717, 1.165) is 44.9 Å². The van der Waals surface area contributed by atoms with Gasteiger partial charge in [0.1, 0.15) is 0 Å². The molecule has 0 aliphatic heterocycles. The lowest BCUT2D eigenvalue weighted by Gasteiger charge is -2.20. The van der Waals surface area contributed by atoms with Gasteiger partial charge in [0.25, 0.3) is 0 Å². The molecule has 426 valence electrons. The highest BCUT2D eigenvalue weighted by atomic mass is 16.5. The molecular formula is C66H127NO5. The fourth-order valence-corrected chi connectivity index (χ4v) is 10.2. The van der Waals surface area contributed by atoms with Gasteiger partial charge in [0.15, 0.2) is 0 Å². The average molecular weight is 1010 g/mol. The van der Waals surface area contributed by atoms with Crippen molar-refractivity contribution in [3.63, 3.8) is 0 Å². The normalized spacial score (nSPS) is 12.7. The Hall–Kier alpha value is -1.66. The molecule has 0 aliphatic rings. The first kappa shape index (κ1) is 70.3. The lowest BCUT2D eigenvalue weighted by molar-refractivity contribution is -0.143. The fourth-order valence-electron chi connectivity index (χ4n) is 10.2. The van der Waals surface area contributed by atoms with Crippen LogP contribution in [-0.2, 0) is 14.3 Å². The highest BCUT2D eigenvalue weighted by Gasteiger charge is 2.18. The van der Waals surface area contributed by atoms with Crippen molar-refractivity contribution in [3.05, 3.63) is 24.3 Å². The Morgan fingerprint density at radius 1 is 0.375 bits per heavy atom. The molecule has 6 nitrogen and oxygen atoms in total. The first-order valence-electron chi connectivity index (χ1n) is 32.6. The molecule has 0 aromatic heterocycles. The molecule has 0 saturated carbocycles. The van der Waals surface area contributed by atoms with Crippen LogP contribution in [0.15, 0.2) is 24.3 Å². The predicted molar refractivity (Wildman–Crippen MR) is 315 cm³/mol. The van der Waals surface area contributed by atoms with Gasteiger partial charge in [0, 0.05) is 12.8 Å². The third-order valence-corrected chi connectivity index (χ3v) is 15.2. The van der Waals surface area contributed by atoms with E-state index >= 15 is 0 Å². The second kappa shape index (κ2) is 61.9. The second-order valence-corrected chi connectivity index (χ2v) is 22.5. The minimum absolute atomic E-state index is 0.0126. The number of carbonyl (C=O) groups is 2. The van der Waals surface area contributed by atoms with Crippen molar-refractivity contribution in [2.75, 3.05) is 13.2 Å². The van der Waals surface area contributed by atoms with E-state index in [0.29, 0.717) is 19.4 Å². The Morgan fingerprint density at radius 2 is 0.653 bits per heavy atom. The molecule has 2 atom stereocenters. The minimum atomic E-state index is -0.839. The van der Waals surface area contributed by atoms with Gasteiger partial charge in [-0.1, -0.05) is 314 Å². The van der Waals surface area contributed by atoms with E-state index < -0.39 is 12.1 Å². The standard InChI is InChI=1S/C66H127NO5/c1-3-5-7-9-11-13-14-15-16-34-37-40-44-48-52-56-60-66(71)72-61-57-53-49-45-41-38-35-32-30-28-26-24-22-20-18-17-19-21-23-25-27-29-31-33-36-39-43-47-51-55-59-65(70)67-63(62-68)64(69)58-54-50-46-42-12-10-8-6-4-2/h16,34,54,58,63-64,68-69H,3-15,17-33,35-53,55-57,59-62H2,1-2H3,(H,67,70)/b34-16-,58-54+. The number of ether oxygens (including phenoxy) is 1. The Bertz CT molecular complexity index is 1120. The number of hydrogen-bond donors (Lipinski definition) is 3. The summed E-state index contributed by atoms with van der Waals surface area (Å²) in [4.78, 5) is 24.5. The minimum Gasteiger partial charge on any atom is -0.466 e. The van der Waals surface area contributed by atoms with E-state index in [9.17, 15) is 19.8 Å². The van der Waals surface area contributed by atoms with Gasteiger partial charge >= 0.3 is 5.97 Å². The number of rotatable bonds is 61. The van der Waals surface area contributed by atoms with Crippen LogP contribution < -0.4 is 5.32 Å². The van der Waals surface area contributed by atoms with Crippen LogP contribution >= 0.6 is 0 Å². The Balaban J connectivity index is 3.30. The highest BCUT2D eigenvalue weighted by molar-refractivity contribution is 5.76. The zero-order chi connectivity index (χ0) is 52.2. The summed E-state index contributed by atoms with van der Waals surface area (Å²) < 4.78 is 5.49. The molecule has 0 spiro atoms. The molecule has 1 amide bonds. The summed E-state index contributed by atoms with van der Waals surface area (Å²) in [5.74, 6) is -0.0530. The Morgan fingerprint density at radius 3 is 0.986 bits per heavy atom. The summed E-state index contributed by atoms with van der Waals surface area (Å²) in [6, 6.07) is -0.622. The predicted octanol–water partition coefficient (Wildman–Crippen LogP) is 20.6. The van der Waals surface area contributed by atoms with Crippen molar-refractivity contribution in [2.24, 2.45) is 0 Å². The monoisotopic (exact) mass is 1010 g/mol. The summed E-state index contributed by atoms with van der Waals surface area (Å²) in [5, 5.41) is 23.0. The molecule has 0 saturated heterocycles. The van der Waals surface area contributed by atoms with Crippen LogP contribution in [0.5, 0.6) is 0 Å². The van der Waals surface area contributed by atoms with Crippen molar-refractivity contribution >= 4 is 11.9 Å². The lowest BCUT2D eigenvalue weighted by atomic mass is 10.0. The van der Waals surface area contributed by atoms with Gasteiger partial charge in [-0.25, -0.2) is 0 Å². The quantitative estimate of drug-likeness (QED) is 0.0320. The van der Waals surface area contributed by atoms with Crippen LogP contribution in [0.1, 0.15) is 361 Å². The van der Waals surface area contributed by atoms with Crippen molar-refractivity contribution < 1.29 is 24.5 Å². The third-order valence-electron chi connectivity index (χ3n) is 15.2. The van der Waals surface area contributed by atoms with Crippen molar-refractivity contribution in [1.29, 1.82) is 0 Å². The van der Waals surface area contributed by atoms with Crippen molar-refractivity contribution in [2.45, 2.75) is 373 Å². The van der Waals surface area contributed by atoms with E-state index in [4.69, 9.17) is 4.74 Å². The maximum Gasteiger partial charge on any atom is 0.305 e. The smallest absolute Gasteiger partial charge is 0.305 e. The van der Waals surface area contributed by atoms with Crippen LogP contribution in [0.25, 0.3) is 0 Å². The fraction of sp³-hybridized carbons (Fsp3) is 0.909. The summed E-state index contributed by atoms with van der Waals surface area (Å²) in [6.45, 7) is 4.89. The molecule has 6 heteroatoms. The molecule has 3 N–H and O–H groups in total. The molecule has 0 heterocycles. The van der Waals surface area contributed by atoms with Crippen LogP contribution in [0, 0.1) is 0 Å². The van der Waals surface area contributed by atoms with Crippen molar-refractivity contribution in [1.82, 2.24) is 5.32 Å². The van der Waals surface area contributed by atoms with Crippen LogP contribution in [0.4, 0.5) is 0 Å². The molecule has 0 rings (SSSR count). The number of allylic oxidation sites excluding steroid dienone is 3. The van der Waals surface area contributed by atoms with E-state index in [1.165, 1.54) is 289 Å². The molecule has 0 aromatic rings. The number of aliphatic hydroxyl groups is 2. The first-order valence-corrected chi connectivity index (χ1v) is 32.6. The summed E-state index contributed by atoms with van der Waals surface area (Å²) in [7, 11) is 0. The maximum absolute atomic E-state index is 12.4. The zero-order valence-corrected chi connectivity index (χ0v) is 48.7. The number of unbranched alkanes of at least 4 members (excludes halogenated alkanes) is 48. The lowest BCUT2D eigenvalue weighted by Crippen LogP contribution is -2.45. The molecule has 0 aliphatic carbocycles. The van der Waals surface area contributed by atoms with Gasteiger partial charge in [0.05, 0.1) is 25.4 Å². The molecule has 0 fully saturated rings. The summed E-state index contributed by atoms with van der Waals surface area (Å²) in [6.07, 6.45) is 76.9. The number of amides is 1. The molecule has 72 heavy (non-hydrogen) atoms. The highest BCUT2D eigenvalue weighted by Crippen LogP contribution is 2.18. The van der Waals surface area contributed by atoms with Gasteiger partial charge in [-0.05, 0) is 57.8 Å². The zero-order valence-electron chi connectivity index (χ0n) is 48.7. The molecule has 2 unspecified atom stereocenters. The number of aliphatic hydroxyl groups excluding tert-OH is 2. The maximum atomic E-state index is 12.4. The largest absolute Gasteiger partial charge is 0.466 e. The number of esters is 1. The van der Waals surface area contributed by atoms with Crippen LogP contribution in [0.2, 0.25) is 0 Å². The van der Waals surface area contributed by atoms with Crippen LogP contribution in [-0.4, -0.2) is 47.4 Å². The molecule has 0 aromatic carbocycles. The Kier molecular flexibility index (Phi) is 60.5. The number of carbonyl (C=O) groups excluding carboxylic acids is 2. The van der Waals surface area contributed by atoms with Gasteiger partial charge in [-0.2, -0.15) is 0 Å². The van der Waals surface area contributed by atoms with E-state index in [1.54, 1.807) is 6.08 Å². The van der Waals surface area contributed by atoms with E-state index in [1.807, 2.05) is 6.08 Å². The summed E-state index contributed by atoms with van der Waals surface area (Å²) in [5.41, 5.74) is 0. The van der Waals surface area contributed by atoms with E-state index in [2.05, 4.69) is 31.3 Å². The summed E-state index contributed by atoms with van der Waals surface area (Å²) >= 11 is 0. The van der Waals surface area contributed by atoms with Crippen molar-refractivity contribution in [3.8, 4) is 0 Å². The van der Waals surface area contributed by atoms with Gasteiger partial charge < -0.3 is 20.3 Å². The topological polar surface area (TPSA) is 95.9 Å².